The van der Waals surface area contributed by atoms with Crippen molar-refractivity contribution in [3.63, 3.8) is 0 Å². The van der Waals surface area contributed by atoms with Crippen molar-refractivity contribution in [3.8, 4) is 0 Å². The van der Waals surface area contributed by atoms with Crippen molar-refractivity contribution in [1.82, 2.24) is 10.2 Å². The van der Waals surface area contributed by atoms with E-state index in [0.717, 1.165) is 49.5 Å². The van der Waals surface area contributed by atoms with E-state index in [1.807, 2.05) is 29.2 Å². The van der Waals surface area contributed by atoms with Crippen molar-refractivity contribution in [3.05, 3.63) is 34.9 Å². The number of hydrogen-bond acceptors (Lipinski definition) is 2. The van der Waals surface area contributed by atoms with E-state index in [0.29, 0.717) is 5.91 Å². The molecule has 1 aromatic carbocycles. The number of carbonyl (C=O) groups is 1. The van der Waals surface area contributed by atoms with Crippen molar-refractivity contribution in [2.45, 2.75) is 25.3 Å². The molecule has 1 aromatic rings. The zero-order chi connectivity index (χ0) is 13.2. The molecule has 3 rings (SSSR count). The summed E-state index contributed by atoms with van der Waals surface area (Å²) in [4.78, 5) is 14.6. The Labute approximate surface area is 118 Å². The van der Waals surface area contributed by atoms with Gasteiger partial charge in [-0.25, -0.2) is 0 Å². The van der Waals surface area contributed by atoms with E-state index in [2.05, 4.69) is 5.32 Å². The van der Waals surface area contributed by atoms with E-state index in [9.17, 15) is 4.79 Å². The molecule has 1 amide bonds. The summed E-state index contributed by atoms with van der Waals surface area (Å²) in [6.07, 6.45) is 3.06. The molecule has 102 valence electrons. The summed E-state index contributed by atoms with van der Waals surface area (Å²) in [6, 6.07) is 8.06. The number of amides is 1. The molecule has 0 radical (unpaired) electrons. The highest BCUT2D eigenvalue weighted by Crippen LogP contribution is 2.36. The number of carbonyl (C=O) groups excluding carboxylic acids is 1. The summed E-state index contributed by atoms with van der Waals surface area (Å²) in [5, 5.41) is 4.04. The molecule has 2 atom stereocenters. The minimum atomic E-state index is 0.156. The fourth-order valence-corrected chi connectivity index (χ4v) is 3.46. The van der Waals surface area contributed by atoms with Crippen molar-refractivity contribution >= 4 is 17.5 Å². The molecule has 0 saturated carbocycles. The van der Waals surface area contributed by atoms with Crippen LogP contribution in [0.15, 0.2) is 24.3 Å². The van der Waals surface area contributed by atoms with Crippen LogP contribution in [0.4, 0.5) is 0 Å². The Morgan fingerprint density at radius 2 is 2.16 bits per heavy atom. The second kappa shape index (κ2) is 5.51. The summed E-state index contributed by atoms with van der Waals surface area (Å²) in [5.74, 6) is 0.454. The number of nitrogens with zero attached hydrogens (tertiary/aromatic N) is 1. The third kappa shape index (κ3) is 2.49. The molecule has 0 aliphatic carbocycles. The fourth-order valence-electron chi connectivity index (χ4n) is 3.20. The number of nitrogens with one attached hydrogen (secondary N) is 1. The Balaban J connectivity index is 1.81. The van der Waals surface area contributed by atoms with Gasteiger partial charge in [-0.2, -0.15) is 0 Å². The van der Waals surface area contributed by atoms with Gasteiger partial charge in [-0.3, -0.25) is 4.79 Å². The lowest BCUT2D eigenvalue weighted by Crippen LogP contribution is -2.36. The lowest BCUT2D eigenvalue weighted by atomic mass is 10.0. The van der Waals surface area contributed by atoms with Crippen molar-refractivity contribution in [2.24, 2.45) is 5.92 Å². The molecule has 2 fully saturated rings. The normalized spacial score (nSPS) is 26.9. The molecule has 2 aliphatic heterocycles. The second-order valence-electron chi connectivity index (χ2n) is 5.40. The molecule has 1 N–H and O–H groups in total. The minimum Gasteiger partial charge on any atom is -0.335 e. The Morgan fingerprint density at radius 1 is 1.32 bits per heavy atom. The van der Waals surface area contributed by atoms with Gasteiger partial charge >= 0.3 is 0 Å². The van der Waals surface area contributed by atoms with Crippen LogP contribution in [0.5, 0.6) is 0 Å². The van der Waals surface area contributed by atoms with Gasteiger partial charge in [0.05, 0.1) is 12.0 Å². The number of hydrogen-bond donors (Lipinski definition) is 1. The Bertz CT molecular complexity index is 471. The first kappa shape index (κ1) is 12.9. The third-order valence-corrected chi connectivity index (χ3v) is 4.55. The van der Waals surface area contributed by atoms with Crippen LogP contribution in [0.25, 0.3) is 0 Å². The van der Waals surface area contributed by atoms with E-state index >= 15 is 0 Å². The highest BCUT2D eigenvalue weighted by molar-refractivity contribution is 6.31. The summed E-state index contributed by atoms with van der Waals surface area (Å²) in [6.45, 7) is 2.65. The van der Waals surface area contributed by atoms with E-state index in [1.165, 1.54) is 0 Å². The van der Waals surface area contributed by atoms with Crippen LogP contribution in [0, 0.1) is 5.92 Å². The van der Waals surface area contributed by atoms with Crippen LogP contribution in [0.3, 0.4) is 0 Å². The van der Waals surface area contributed by atoms with Crippen LogP contribution in [-0.4, -0.2) is 30.4 Å². The van der Waals surface area contributed by atoms with Gasteiger partial charge < -0.3 is 10.2 Å². The monoisotopic (exact) mass is 278 g/mol. The summed E-state index contributed by atoms with van der Waals surface area (Å²) in [7, 11) is 0. The first-order valence-electron chi connectivity index (χ1n) is 7.03. The average molecular weight is 279 g/mol. The standard InChI is InChI=1S/C15H19ClN2O/c16-13-5-2-1-4-12(13)14-6-3-9-18(14)15(19)11-7-8-17-10-11/h1-2,4-5,11,14,17H,3,6-10H2. The van der Waals surface area contributed by atoms with E-state index in [4.69, 9.17) is 11.6 Å². The molecule has 3 nitrogen and oxygen atoms in total. The van der Waals surface area contributed by atoms with Gasteiger partial charge in [0.1, 0.15) is 0 Å². The van der Waals surface area contributed by atoms with Gasteiger partial charge in [0.15, 0.2) is 0 Å². The second-order valence-corrected chi connectivity index (χ2v) is 5.81. The SMILES string of the molecule is O=C(C1CCNC1)N1CCCC1c1ccccc1Cl. The largest absolute Gasteiger partial charge is 0.335 e. The lowest BCUT2D eigenvalue weighted by Gasteiger charge is -2.28. The molecule has 4 heteroatoms. The summed E-state index contributed by atoms with van der Waals surface area (Å²) >= 11 is 6.28. The predicted molar refractivity (Wildman–Crippen MR) is 76.1 cm³/mol. The molecule has 2 aliphatic rings. The Hall–Kier alpha value is -1.06. The maximum absolute atomic E-state index is 12.6. The number of rotatable bonds is 2. The molecule has 2 heterocycles. The quantitative estimate of drug-likeness (QED) is 0.902. The smallest absolute Gasteiger partial charge is 0.227 e. The van der Waals surface area contributed by atoms with Crippen LogP contribution in [0.1, 0.15) is 30.9 Å². The first-order valence-corrected chi connectivity index (χ1v) is 7.41. The molecule has 0 aromatic heterocycles. The number of halogens is 1. The van der Waals surface area contributed by atoms with Crippen molar-refractivity contribution in [1.29, 1.82) is 0 Å². The van der Waals surface area contributed by atoms with E-state index in [-0.39, 0.29) is 12.0 Å². The minimum absolute atomic E-state index is 0.156. The lowest BCUT2D eigenvalue weighted by molar-refractivity contribution is -0.135. The maximum Gasteiger partial charge on any atom is 0.227 e. The molecule has 2 saturated heterocycles. The zero-order valence-corrected chi connectivity index (χ0v) is 11.7. The third-order valence-electron chi connectivity index (χ3n) is 4.21. The van der Waals surface area contributed by atoms with Gasteiger partial charge in [-0.05, 0) is 37.4 Å². The molecule has 2 unspecified atom stereocenters. The predicted octanol–water partition coefficient (Wildman–Crippen LogP) is 2.61. The molecule has 0 spiro atoms. The fraction of sp³-hybridized carbons (Fsp3) is 0.533. The van der Waals surface area contributed by atoms with Crippen molar-refractivity contribution < 1.29 is 4.79 Å². The van der Waals surface area contributed by atoms with E-state index < -0.39 is 0 Å². The highest BCUT2D eigenvalue weighted by atomic mass is 35.5. The maximum atomic E-state index is 12.6. The van der Waals surface area contributed by atoms with Gasteiger partial charge in [-0.15, -0.1) is 0 Å². The van der Waals surface area contributed by atoms with Gasteiger partial charge in [0, 0.05) is 18.1 Å². The van der Waals surface area contributed by atoms with E-state index in [1.54, 1.807) is 0 Å². The Morgan fingerprint density at radius 3 is 2.89 bits per heavy atom. The summed E-state index contributed by atoms with van der Waals surface area (Å²) in [5.41, 5.74) is 1.10. The van der Waals surface area contributed by atoms with Gasteiger partial charge in [0.25, 0.3) is 0 Å². The van der Waals surface area contributed by atoms with Gasteiger partial charge in [0.2, 0.25) is 5.91 Å². The van der Waals surface area contributed by atoms with Crippen molar-refractivity contribution in [2.75, 3.05) is 19.6 Å². The Kier molecular flexibility index (Phi) is 3.76. The van der Waals surface area contributed by atoms with Gasteiger partial charge in [-0.1, -0.05) is 29.8 Å². The molecule has 19 heavy (non-hydrogen) atoms. The van der Waals surface area contributed by atoms with Crippen LogP contribution in [-0.2, 0) is 4.79 Å². The highest BCUT2D eigenvalue weighted by Gasteiger charge is 2.35. The average Bonchev–Trinajstić information content (AvgIpc) is 3.10. The zero-order valence-electron chi connectivity index (χ0n) is 10.9. The number of likely N-dealkylation sites (tertiary alicyclic amines) is 1. The molecular weight excluding hydrogens is 260 g/mol. The van der Waals surface area contributed by atoms with Crippen LogP contribution in [0.2, 0.25) is 5.02 Å². The topological polar surface area (TPSA) is 32.3 Å². The number of benzene rings is 1. The molecule has 0 bridgehead atoms. The van der Waals surface area contributed by atoms with Crippen LogP contribution < -0.4 is 5.32 Å². The van der Waals surface area contributed by atoms with Crippen LogP contribution >= 0.6 is 11.6 Å². The molecular formula is C15H19ClN2O. The first-order chi connectivity index (χ1) is 9.27. The summed E-state index contributed by atoms with van der Waals surface area (Å²) < 4.78 is 0.